The fourth-order valence-corrected chi connectivity index (χ4v) is 4.33. The second kappa shape index (κ2) is 7.24. The standard InChI is InChI=1S/C17H28N4OS/c1-4-21-16(13-8-9-13)19-20-17(21)23-10-15(22)18-14-7-5-6-11(2)12(14)3/h11-14H,4-10H2,1-3H3,(H,18,22)/t11-,12-,14+/m0/s1. The molecule has 1 heterocycles. The molecule has 0 saturated heterocycles. The molecule has 1 aromatic rings. The van der Waals surface area contributed by atoms with Gasteiger partial charge in [-0.2, -0.15) is 0 Å². The molecule has 2 saturated carbocycles. The van der Waals surface area contributed by atoms with Crippen LogP contribution in [0.25, 0.3) is 0 Å². The Labute approximate surface area is 143 Å². The highest BCUT2D eigenvalue weighted by Crippen LogP contribution is 2.40. The van der Waals surface area contributed by atoms with E-state index in [0.29, 0.717) is 29.5 Å². The van der Waals surface area contributed by atoms with Gasteiger partial charge < -0.3 is 9.88 Å². The number of hydrogen-bond donors (Lipinski definition) is 1. The van der Waals surface area contributed by atoms with E-state index in [1.807, 2.05) is 0 Å². The van der Waals surface area contributed by atoms with Gasteiger partial charge in [-0.3, -0.25) is 4.79 Å². The van der Waals surface area contributed by atoms with Crippen LogP contribution in [0.15, 0.2) is 5.16 Å². The zero-order valence-corrected chi connectivity index (χ0v) is 15.2. The minimum atomic E-state index is 0.125. The van der Waals surface area contributed by atoms with Crippen molar-refractivity contribution in [3.63, 3.8) is 0 Å². The van der Waals surface area contributed by atoms with Crippen LogP contribution in [0.2, 0.25) is 0 Å². The summed E-state index contributed by atoms with van der Waals surface area (Å²) in [5, 5.41) is 12.7. The van der Waals surface area contributed by atoms with E-state index in [0.717, 1.165) is 23.9 Å². The van der Waals surface area contributed by atoms with Crippen molar-refractivity contribution in [3.05, 3.63) is 5.82 Å². The molecule has 0 bridgehead atoms. The molecule has 0 radical (unpaired) electrons. The zero-order chi connectivity index (χ0) is 16.4. The van der Waals surface area contributed by atoms with Gasteiger partial charge in [0.2, 0.25) is 5.91 Å². The minimum Gasteiger partial charge on any atom is -0.352 e. The van der Waals surface area contributed by atoms with E-state index in [1.165, 1.54) is 37.4 Å². The Balaban J connectivity index is 1.53. The van der Waals surface area contributed by atoms with Gasteiger partial charge >= 0.3 is 0 Å². The second-order valence-corrected chi connectivity index (χ2v) is 8.03. The van der Waals surface area contributed by atoms with Crippen LogP contribution >= 0.6 is 11.8 Å². The van der Waals surface area contributed by atoms with Crippen LogP contribution < -0.4 is 5.32 Å². The van der Waals surface area contributed by atoms with Crippen molar-refractivity contribution >= 4 is 17.7 Å². The minimum absolute atomic E-state index is 0.125. The summed E-state index contributed by atoms with van der Waals surface area (Å²) in [5.74, 6) is 3.52. The Morgan fingerprint density at radius 2 is 2.04 bits per heavy atom. The summed E-state index contributed by atoms with van der Waals surface area (Å²) in [6.45, 7) is 7.54. The first-order valence-electron chi connectivity index (χ1n) is 8.95. The number of nitrogens with one attached hydrogen (secondary N) is 1. The number of amides is 1. The molecule has 3 atom stereocenters. The fraction of sp³-hybridized carbons (Fsp3) is 0.824. The highest BCUT2D eigenvalue weighted by atomic mass is 32.2. The van der Waals surface area contributed by atoms with Gasteiger partial charge in [0, 0.05) is 18.5 Å². The van der Waals surface area contributed by atoms with E-state index >= 15 is 0 Å². The largest absolute Gasteiger partial charge is 0.352 e. The maximum Gasteiger partial charge on any atom is 0.230 e. The van der Waals surface area contributed by atoms with Crippen molar-refractivity contribution in [1.29, 1.82) is 0 Å². The first kappa shape index (κ1) is 16.8. The van der Waals surface area contributed by atoms with E-state index in [9.17, 15) is 4.79 Å². The van der Waals surface area contributed by atoms with Crippen LogP contribution in [0.1, 0.15) is 64.6 Å². The summed E-state index contributed by atoms with van der Waals surface area (Å²) in [7, 11) is 0. The molecule has 1 amide bonds. The number of thioether (sulfide) groups is 1. The Bertz CT molecular complexity index is 555. The highest BCUT2D eigenvalue weighted by molar-refractivity contribution is 7.99. The third kappa shape index (κ3) is 3.90. The predicted octanol–water partition coefficient (Wildman–Crippen LogP) is 3.21. The molecule has 3 rings (SSSR count). The molecule has 0 aliphatic heterocycles. The molecule has 2 aliphatic rings. The molecule has 23 heavy (non-hydrogen) atoms. The van der Waals surface area contributed by atoms with Crippen LogP contribution in [0.4, 0.5) is 0 Å². The maximum absolute atomic E-state index is 12.3. The number of aromatic nitrogens is 3. The van der Waals surface area contributed by atoms with E-state index in [2.05, 4.69) is 40.9 Å². The molecular formula is C17H28N4OS. The summed E-state index contributed by atoms with van der Waals surface area (Å²) in [6, 6.07) is 0.331. The summed E-state index contributed by atoms with van der Waals surface area (Å²) in [6.07, 6.45) is 6.06. The Morgan fingerprint density at radius 3 is 2.74 bits per heavy atom. The van der Waals surface area contributed by atoms with Crippen molar-refractivity contribution < 1.29 is 4.79 Å². The molecule has 128 valence electrons. The van der Waals surface area contributed by atoms with Crippen LogP contribution in [-0.4, -0.2) is 32.5 Å². The van der Waals surface area contributed by atoms with E-state index in [1.54, 1.807) is 0 Å². The van der Waals surface area contributed by atoms with Gasteiger partial charge in [-0.1, -0.05) is 38.5 Å². The molecule has 0 aromatic carbocycles. The van der Waals surface area contributed by atoms with Crippen LogP contribution in [0.3, 0.4) is 0 Å². The van der Waals surface area contributed by atoms with E-state index < -0.39 is 0 Å². The van der Waals surface area contributed by atoms with Gasteiger partial charge in [-0.05, 0) is 38.0 Å². The number of nitrogens with zero attached hydrogens (tertiary/aromatic N) is 3. The third-order valence-corrected chi connectivity index (χ3v) is 6.36. The third-order valence-electron chi connectivity index (χ3n) is 5.39. The molecule has 1 aromatic heterocycles. The Morgan fingerprint density at radius 1 is 1.26 bits per heavy atom. The lowest BCUT2D eigenvalue weighted by molar-refractivity contribution is -0.120. The molecule has 0 unspecified atom stereocenters. The second-order valence-electron chi connectivity index (χ2n) is 7.09. The van der Waals surface area contributed by atoms with Crippen LogP contribution in [0, 0.1) is 11.8 Å². The van der Waals surface area contributed by atoms with Gasteiger partial charge in [0.15, 0.2) is 5.16 Å². The monoisotopic (exact) mass is 336 g/mol. The van der Waals surface area contributed by atoms with Crippen molar-refractivity contribution in [2.24, 2.45) is 11.8 Å². The molecule has 2 aliphatic carbocycles. The van der Waals surface area contributed by atoms with Crippen molar-refractivity contribution in [1.82, 2.24) is 20.1 Å². The molecule has 2 fully saturated rings. The first-order valence-corrected chi connectivity index (χ1v) is 9.94. The Kier molecular flexibility index (Phi) is 5.29. The number of hydrogen-bond acceptors (Lipinski definition) is 4. The normalized spacial score (nSPS) is 27.9. The fourth-order valence-electron chi connectivity index (χ4n) is 3.51. The molecule has 0 spiro atoms. The molecule has 5 nitrogen and oxygen atoms in total. The maximum atomic E-state index is 12.3. The van der Waals surface area contributed by atoms with Gasteiger partial charge in [-0.15, -0.1) is 10.2 Å². The summed E-state index contributed by atoms with van der Waals surface area (Å²) < 4.78 is 2.17. The smallest absolute Gasteiger partial charge is 0.230 e. The lowest BCUT2D eigenvalue weighted by Crippen LogP contribution is -2.44. The van der Waals surface area contributed by atoms with Crippen LogP contribution in [0.5, 0.6) is 0 Å². The van der Waals surface area contributed by atoms with Gasteiger partial charge in [0.1, 0.15) is 5.82 Å². The number of carbonyl (C=O) groups excluding carboxylic acids is 1. The topological polar surface area (TPSA) is 59.8 Å². The molecular weight excluding hydrogens is 308 g/mol. The Hall–Kier alpha value is -1.04. The summed E-state index contributed by atoms with van der Waals surface area (Å²) in [5.41, 5.74) is 0. The quantitative estimate of drug-likeness (QED) is 0.810. The zero-order valence-electron chi connectivity index (χ0n) is 14.4. The lowest BCUT2D eigenvalue weighted by atomic mass is 9.78. The van der Waals surface area contributed by atoms with E-state index in [4.69, 9.17) is 0 Å². The molecule has 1 N–H and O–H groups in total. The van der Waals surface area contributed by atoms with Crippen molar-refractivity contribution in [2.75, 3.05) is 5.75 Å². The summed E-state index contributed by atoms with van der Waals surface area (Å²) in [4.78, 5) is 12.3. The SMILES string of the molecule is CCn1c(SCC(=O)N[C@@H]2CCC[C@H](C)[C@@H]2C)nnc1C1CC1. The average Bonchev–Trinajstić information content (AvgIpc) is 3.30. The van der Waals surface area contributed by atoms with E-state index in [-0.39, 0.29) is 5.91 Å². The highest BCUT2D eigenvalue weighted by Gasteiger charge is 2.30. The average molecular weight is 337 g/mol. The summed E-state index contributed by atoms with van der Waals surface area (Å²) >= 11 is 1.51. The molecule has 6 heteroatoms. The van der Waals surface area contributed by atoms with Crippen molar-refractivity contribution in [3.8, 4) is 0 Å². The van der Waals surface area contributed by atoms with Gasteiger partial charge in [0.05, 0.1) is 5.75 Å². The number of rotatable bonds is 6. The van der Waals surface area contributed by atoms with Crippen LogP contribution in [-0.2, 0) is 11.3 Å². The van der Waals surface area contributed by atoms with Gasteiger partial charge in [0.25, 0.3) is 0 Å². The number of carbonyl (C=O) groups is 1. The first-order chi connectivity index (χ1) is 11.1. The lowest BCUT2D eigenvalue weighted by Gasteiger charge is -2.34. The van der Waals surface area contributed by atoms with Gasteiger partial charge in [-0.25, -0.2) is 0 Å². The predicted molar refractivity (Wildman–Crippen MR) is 92.5 cm³/mol. The van der Waals surface area contributed by atoms with Crippen molar-refractivity contribution in [2.45, 2.75) is 76.5 Å².